The van der Waals surface area contributed by atoms with E-state index in [9.17, 15) is 4.39 Å². The molecular weight excluding hydrogens is 174 g/mol. The normalized spacial score (nSPS) is 14.8. The molecule has 0 N–H and O–H groups in total. The zero-order chi connectivity index (χ0) is 9.35. The van der Waals surface area contributed by atoms with Crippen molar-refractivity contribution in [2.45, 2.75) is 32.2 Å². The Morgan fingerprint density at radius 3 is 2.42 bits per heavy atom. The first-order valence-electron chi connectivity index (χ1n) is 3.85. The molecule has 0 fully saturated rings. The van der Waals surface area contributed by atoms with Gasteiger partial charge in [0.25, 0.3) is 0 Å². The van der Waals surface area contributed by atoms with E-state index in [0.29, 0.717) is 0 Å². The molecule has 0 bridgehead atoms. The van der Waals surface area contributed by atoms with Crippen molar-refractivity contribution in [1.29, 1.82) is 0 Å². The first kappa shape index (κ1) is 9.66. The van der Waals surface area contributed by atoms with Gasteiger partial charge in [0.2, 0.25) is 6.04 Å². The number of alkyl halides is 1. The van der Waals surface area contributed by atoms with Crippen LogP contribution in [0.5, 0.6) is 0 Å². The summed E-state index contributed by atoms with van der Waals surface area (Å²) in [5, 5.41) is 3.90. The predicted molar refractivity (Wildman–Crippen MR) is 50.8 cm³/mol. The van der Waals surface area contributed by atoms with E-state index < -0.39 is 6.04 Å². The van der Waals surface area contributed by atoms with E-state index in [4.69, 9.17) is 0 Å². The minimum Gasteiger partial charge on any atom is -0.236 e. The largest absolute Gasteiger partial charge is 0.236 e. The van der Waals surface area contributed by atoms with E-state index >= 15 is 0 Å². The molecule has 0 amide bonds. The van der Waals surface area contributed by atoms with Gasteiger partial charge in [-0.15, -0.1) is 0 Å². The van der Waals surface area contributed by atoms with Crippen molar-refractivity contribution >= 4 is 9.24 Å². The monoisotopic (exact) mass is 188 g/mol. The van der Waals surface area contributed by atoms with Crippen LogP contribution in [-0.4, -0.2) is 9.78 Å². The lowest BCUT2D eigenvalue weighted by atomic mass is 9.90. The molecule has 0 aliphatic carbocycles. The Hall–Kier alpha value is -0.430. The molecule has 0 aromatic carbocycles. The van der Waals surface area contributed by atoms with Crippen molar-refractivity contribution in [1.82, 2.24) is 9.78 Å². The van der Waals surface area contributed by atoms with E-state index in [1.807, 2.05) is 0 Å². The van der Waals surface area contributed by atoms with Gasteiger partial charge in [-0.2, -0.15) is 5.10 Å². The van der Waals surface area contributed by atoms with Crippen LogP contribution in [0.25, 0.3) is 0 Å². The Kier molecular flexibility index (Phi) is 2.52. The van der Waals surface area contributed by atoms with Crippen LogP contribution < -0.4 is 0 Å². The molecule has 1 heterocycles. The highest BCUT2D eigenvalue weighted by Crippen LogP contribution is 2.24. The fourth-order valence-electron chi connectivity index (χ4n) is 0.860. The van der Waals surface area contributed by atoms with Gasteiger partial charge in [0.15, 0.2) is 0 Å². The maximum atomic E-state index is 12.7. The van der Waals surface area contributed by atoms with Gasteiger partial charge in [0, 0.05) is 6.20 Å². The van der Waals surface area contributed by atoms with Crippen molar-refractivity contribution < 1.29 is 4.39 Å². The minimum atomic E-state index is -1.12. The van der Waals surface area contributed by atoms with Crippen LogP contribution in [0, 0.1) is 0 Å². The molecule has 4 heteroatoms. The summed E-state index contributed by atoms with van der Waals surface area (Å²) in [7, 11) is 2.06. The molecule has 1 rings (SSSR count). The maximum absolute atomic E-state index is 12.7. The topological polar surface area (TPSA) is 17.8 Å². The van der Waals surface area contributed by atoms with Crippen molar-refractivity contribution in [3.05, 3.63) is 18.0 Å². The summed E-state index contributed by atoms with van der Waals surface area (Å²) in [5.41, 5.74) is 1.09. The fraction of sp³-hybridized carbons (Fsp3) is 0.625. The van der Waals surface area contributed by atoms with Crippen LogP contribution in [0.1, 0.15) is 32.4 Å². The summed E-state index contributed by atoms with van der Waals surface area (Å²) >= 11 is 0. The molecule has 0 aliphatic heterocycles. The van der Waals surface area contributed by atoms with Gasteiger partial charge in [-0.1, -0.05) is 30.0 Å². The van der Waals surface area contributed by atoms with E-state index in [-0.39, 0.29) is 5.41 Å². The van der Waals surface area contributed by atoms with E-state index in [1.165, 1.54) is 4.68 Å². The smallest absolute Gasteiger partial charge is 0.203 e. The van der Waals surface area contributed by atoms with Crippen LogP contribution in [0.4, 0.5) is 4.39 Å². The summed E-state index contributed by atoms with van der Waals surface area (Å²) in [4.78, 5) is 0. The van der Waals surface area contributed by atoms with E-state index in [2.05, 4.69) is 35.1 Å². The van der Waals surface area contributed by atoms with Gasteiger partial charge in [0.1, 0.15) is 0 Å². The van der Waals surface area contributed by atoms with Crippen molar-refractivity contribution in [3.8, 4) is 0 Å². The highest BCUT2D eigenvalue weighted by atomic mass is 31.0. The van der Waals surface area contributed by atoms with Gasteiger partial charge in [-0.3, -0.25) is 0 Å². The highest BCUT2D eigenvalue weighted by Gasteiger charge is 2.16. The van der Waals surface area contributed by atoms with E-state index in [1.54, 1.807) is 12.4 Å². The third-order valence-corrected chi connectivity index (χ3v) is 2.03. The number of rotatable bonds is 1. The Bertz CT molecular complexity index is 262. The average Bonchev–Trinajstić information content (AvgIpc) is 2.30. The standard InChI is InChI=1S/C8H14FN2P/c1-8(2,3)6-4-10-11(5-6)7(9)12/h4-5,7H,12H2,1-3H3. The molecule has 0 spiro atoms. The lowest BCUT2D eigenvalue weighted by Crippen LogP contribution is -2.09. The Labute approximate surface area is 74.4 Å². The van der Waals surface area contributed by atoms with E-state index in [0.717, 1.165) is 5.56 Å². The first-order chi connectivity index (χ1) is 5.41. The van der Waals surface area contributed by atoms with Crippen LogP contribution >= 0.6 is 9.24 Å². The van der Waals surface area contributed by atoms with Crippen molar-refractivity contribution in [2.24, 2.45) is 0 Å². The molecule has 0 aliphatic rings. The second kappa shape index (κ2) is 3.14. The van der Waals surface area contributed by atoms with Gasteiger partial charge in [-0.25, -0.2) is 9.07 Å². The van der Waals surface area contributed by atoms with Crippen LogP contribution in [-0.2, 0) is 5.41 Å². The van der Waals surface area contributed by atoms with Gasteiger partial charge < -0.3 is 0 Å². The number of halogens is 1. The number of nitrogens with zero attached hydrogens (tertiary/aromatic N) is 2. The fourth-order valence-corrected chi connectivity index (χ4v) is 1.02. The lowest BCUT2D eigenvalue weighted by Gasteiger charge is -2.15. The first-order valence-corrected chi connectivity index (χ1v) is 4.52. The summed E-state index contributed by atoms with van der Waals surface area (Å²) in [6.07, 6.45) is 3.44. The third kappa shape index (κ3) is 2.04. The molecule has 2 unspecified atom stereocenters. The van der Waals surface area contributed by atoms with Crippen LogP contribution in [0.15, 0.2) is 12.4 Å². The zero-order valence-electron chi connectivity index (χ0n) is 7.58. The summed E-state index contributed by atoms with van der Waals surface area (Å²) in [6, 6.07) is -1.12. The summed E-state index contributed by atoms with van der Waals surface area (Å²) in [5.74, 6) is 0. The molecular formula is C8H14FN2P. The Morgan fingerprint density at radius 1 is 1.58 bits per heavy atom. The maximum Gasteiger partial charge on any atom is 0.203 e. The Balaban J connectivity index is 2.92. The number of hydrogen-bond acceptors (Lipinski definition) is 1. The second-order valence-corrected chi connectivity index (χ2v) is 4.38. The lowest BCUT2D eigenvalue weighted by molar-refractivity contribution is 0.333. The summed E-state index contributed by atoms with van der Waals surface area (Å²) in [6.45, 7) is 6.22. The second-order valence-electron chi connectivity index (χ2n) is 3.83. The SMILES string of the molecule is CC(C)(C)c1cnn(C(F)P)c1. The molecule has 12 heavy (non-hydrogen) atoms. The molecule has 0 saturated heterocycles. The Morgan fingerprint density at radius 2 is 2.17 bits per heavy atom. The molecule has 0 radical (unpaired) electrons. The zero-order valence-corrected chi connectivity index (χ0v) is 8.74. The number of hydrogen-bond donors (Lipinski definition) is 0. The molecule has 1 aromatic heterocycles. The van der Waals surface area contributed by atoms with Crippen molar-refractivity contribution in [2.75, 3.05) is 0 Å². The molecule has 68 valence electrons. The minimum absolute atomic E-state index is 0.0395. The van der Waals surface area contributed by atoms with Gasteiger partial charge in [-0.05, 0) is 11.0 Å². The average molecular weight is 188 g/mol. The van der Waals surface area contributed by atoms with Crippen LogP contribution in [0.3, 0.4) is 0 Å². The highest BCUT2D eigenvalue weighted by molar-refractivity contribution is 7.16. The van der Waals surface area contributed by atoms with Crippen LogP contribution in [0.2, 0.25) is 0 Å². The van der Waals surface area contributed by atoms with Gasteiger partial charge >= 0.3 is 0 Å². The molecule has 0 saturated carbocycles. The predicted octanol–water partition coefficient (Wildman–Crippen LogP) is 2.48. The quantitative estimate of drug-likeness (QED) is 0.619. The van der Waals surface area contributed by atoms with Gasteiger partial charge in [0.05, 0.1) is 6.20 Å². The third-order valence-electron chi connectivity index (χ3n) is 1.72. The molecule has 1 aromatic rings. The summed E-state index contributed by atoms with van der Waals surface area (Å²) < 4.78 is 14.0. The number of aromatic nitrogens is 2. The van der Waals surface area contributed by atoms with Crippen molar-refractivity contribution in [3.63, 3.8) is 0 Å². The molecule has 2 nitrogen and oxygen atoms in total. The molecule has 2 atom stereocenters.